The van der Waals surface area contributed by atoms with Crippen LogP contribution in [0.25, 0.3) is 0 Å². The highest BCUT2D eigenvalue weighted by molar-refractivity contribution is 5.43. The molecule has 0 radical (unpaired) electrons. The maximum Gasteiger partial charge on any atom is 0.168 e. The predicted octanol–water partition coefficient (Wildman–Crippen LogP) is 2.84. The molecule has 3 rings (SSSR count). The molecule has 1 heterocycles. The first-order chi connectivity index (χ1) is 9.72. The molecule has 0 saturated heterocycles. The summed E-state index contributed by atoms with van der Waals surface area (Å²) in [7, 11) is 3.04. The van der Waals surface area contributed by atoms with Crippen LogP contribution in [-0.2, 0) is 12.8 Å². The van der Waals surface area contributed by atoms with Gasteiger partial charge in [-0.1, -0.05) is 0 Å². The van der Waals surface area contributed by atoms with Crippen molar-refractivity contribution < 1.29 is 13.9 Å². The number of hydrogen-bond acceptors (Lipinski definition) is 3. The summed E-state index contributed by atoms with van der Waals surface area (Å²) in [5, 5.41) is 7.05. The number of nitrogens with one attached hydrogen (secondary N) is 1. The van der Waals surface area contributed by atoms with Gasteiger partial charge in [-0.25, -0.2) is 4.39 Å². The maximum atomic E-state index is 14.5. The van der Waals surface area contributed by atoms with Crippen LogP contribution < -0.4 is 9.47 Å². The molecule has 0 bridgehead atoms. The van der Waals surface area contributed by atoms with Crippen LogP contribution in [0.4, 0.5) is 4.39 Å². The highest BCUT2D eigenvalue weighted by Gasteiger charge is 2.26. The summed E-state index contributed by atoms with van der Waals surface area (Å²) in [5.41, 5.74) is 2.99. The summed E-state index contributed by atoms with van der Waals surface area (Å²) in [4.78, 5) is 0. The van der Waals surface area contributed by atoms with Gasteiger partial charge in [-0.15, -0.1) is 0 Å². The van der Waals surface area contributed by atoms with E-state index in [1.54, 1.807) is 19.2 Å². The van der Waals surface area contributed by atoms with E-state index in [0.29, 0.717) is 11.3 Å². The van der Waals surface area contributed by atoms with Gasteiger partial charge in [0.25, 0.3) is 0 Å². The highest BCUT2D eigenvalue weighted by atomic mass is 19.1. The van der Waals surface area contributed by atoms with Crippen LogP contribution >= 0.6 is 0 Å². The minimum Gasteiger partial charge on any atom is -0.497 e. The number of halogens is 1. The number of nitrogens with zero attached hydrogens (tertiary/aromatic N) is 1. The van der Waals surface area contributed by atoms with Crippen molar-refractivity contribution in [3.63, 3.8) is 0 Å². The number of H-pyrrole nitrogens is 1. The molecule has 2 aromatic rings. The van der Waals surface area contributed by atoms with Gasteiger partial charge in [0.2, 0.25) is 0 Å². The normalized spacial score (nSPS) is 17.6. The SMILES string of the molecule is COc1cc(OC)c(F)c(C2CCc3cn[nH]c3C2)c1. The van der Waals surface area contributed by atoms with Crippen LogP contribution in [0.2, 0.25) is 0 Å². The second-order valence-electron chi connectivity index (χ2n) is 5.05. The fraction of sp³-hybridized carbons (Fsp3) is 0.400. The third-order valence-electron chi connectivity index (χ3n) is 3.96. The van der Waals surface area contributed by atoms with Gasteiger partial charge in [0.15, 0.2) is 11.6 Å². The minimum atomic E-state index is -0.290. The molecular formula is C15H17FN2O2. The van der Waals surface area contributed by atoms with Gasteiger partial charge in [-0.2, -0.15) is 5.10 Å². The van der Waals surface area contributed by atoms with Gasteiger partial charge in [0.05, 0.1) is 20.4 Å². The van der Waals surface area contributed by atoms with Gasteiger partial charge in [0.1, 0.15) is 5.75 Å². The van der Waals surface area contributed by atoms with E-state index in [9.17, 15) is 4.39 Å². The monoisotopic (exact) mass is 276 g/mol. The van der Waals surface area contributed by atoms with Crippen molar-refractivity contribution in [3.8, 4) is 11.5 Å². The van der Waals surface area contributed by atoms with Crippen molar-refractivity contribution in [1.82, 2.24) is 10.2 Å². The van der Waals surface area contributed by atoms with Crippen molar-refractivity contribution >= 4 is 0 Å². The molecule has 1 aliphatic carbocycles. The van der Waals surface area contributed by atoms with Crippen LogP contribution in [0.5, 0.6) is 11.5 Å². The standard InChI is InChI=1S/C15H17FN2O2/c1-19-11-6-12(15(16)14(7-11)20-2)9-3-4-10-8-17-18-13(10)5-9/h6-9H,3-5H2,1-2H3,(H,17,18). The quantitative estimate of drug-likeness (QED) is 0.937. The third kappa shape index (κ3) is 2.13. The van der Waals surface area contributed by atoms with Crippen molar-refractivity contribution in [3.05, 3.63) is 41.0 Å². The molecule has 0 spiro atoms. The van der Waals surface area contributed by atoms with Crippen LogP contribution in [-0.4, -0.2) is 24.4 Å². The first kappa shape index (κ1) is 13.0. The molecule has 1 aromatic carbocycles. The number of hydrogen-bond donors (Lipinski definition) is 1. The lowest BCUT2D eigenvalue weighted by Crippen LogP contribution is -2.14. The number of benzene rings is 1. The van der Waals surface area contributed by atoms with Crippen LogP contribution in [0.15, 0.2) is 18.3 Å². The fourth-order valence-corrected chi connectivity index (χ4v) is 2.83. The number of aromatic amines is 1. The number of methoxy groups -OCH3 is 2. The number of aryl methyl sites for hydroxylation is 1. The van der Waals surface area contributed by atoms with Crippen LogP contribution in [0.3, 0.4) is 0 Å². The maximum absolute atomic E-state index is 14.5. The molecule has 1 N–H and O–H groups in total. The summed E-state index contributed by atoms with van der Waals surface area (Å²) in [5.74, 6) is 0.677. The third-order valence-corrected chi connectivity index (χ3v) is 3.96. The topological polar surface area (TPSA) is 47.1 Å². The van der Waals surface area contributed by atoms with Crippen molar-refractivity contribution in [2.45, 2.75) is 25.2 Å². The lowest BCUT2D eigenvalue weighted by atomic mass is 9.83. The largest absolute Gasteiger partial charge is 0.497 e. The Hall–Kier alpha value is -2.04. The van der Waals surface area contributed by atoms with E-state index in [0.717, 1.165) is 25.0 Å². The molecule has 5 heteroatoms. The van der Waals surface area contributed by atoms with Crippen molar-refractivity contribution in [2.75, 3.05) is 14.2 Å². The average molecular weight is 276 g/mol. The Labute approximate surface area is 116 Å². The Morgan fingerprint density at radius 1 is 1.30 bits per heavy atom. The minimum absolute atomic E-state index is 0.118. The average Bonchev–Trinajstić information content (AvgIpc) is 2.95. The van der Waals surface area contributed by atoms with E-state index in [2.05, 4.69) is 10.2 Å². The molecular weight excluding hydrogens is 259 g/mol. The Balaban J connectivity index is 1.98. The number of rotatable bonds is 3. The van der Waals surface area contributed by atoms with E-state index in [1.807, 2.05) is 6.20 Å². The zero-order valence-electron chi connectivity index (χ0n) is 11.6. The van der Waals surface area contributed by atoms with Crippen LogP contribution in [0.1, 0.15) is 29.2 Å². The zero-order valence-corrected chi connectivity index (χ0v) is 11.6. The van der Waals surface area contributed by atoms with E-state index >= 15 is 0 Å². The second-order valence-corrected chi connectivity index (χ2v) is 5.05. The molecule has 1 unspecified atom stereocenters. The Bertz CT molecular complexity index is 624. The lowest BCUT2D eigenvalue weighted by molar-refractivity contribution is 0.367. The zero-order chi connectivity index (χ0) is 14.1. The molecule has 1 atom stereocenters. The second kappa shape index (κ2) is 5.15. The summed E-state index contributed by atoms with van der Waals surface area (Å²) in [6.07, 6.45) is 4.44. The fourth-order valence-electron chi connectivity index (χ4n) is 2.83. The van der Waals surface area contributed by atoms with Gasteiger partial charge in [0, 0.05) is 11.8 Å². The molecule has 1 aliphatic rings. The van der Waals surface area contributed by atoms with Crippen molar-refractivity contribution in [1.29, 1.82) is 0 Å². The van der Waals surface area contributed by atoms with Gasteiger partial charge in [-0.3, -0.25) is 5.10 Å². The van der Waals surface area contributed by atoms with Crippen LogP contribution in [0, 0.1) is 5.82 Å². The molecule has 4 nitrogen and oxygen atoms in total. The molecule has 0 aliphatic heterocycles. The molecule has 0 saturated carbocycles. The Morgan fingerprint density at radius 2 is 2.15 bits per heavy atom. The summed E-state index contributed by atoms with van der Waals surface area (Å²) < 4.78 is 24.8. The summed E-state index contributed by atoms with van der Waals surface area (Å²) in [6, 6.07) is 3.34. The molecule has 1 aromatic heterocycles. The predicted molar refractivity (Wildman–Crippen MR) is 72.9 cm³/mol. The first-order valence-corrected chi connectivity index (χ1v) is 6.65. The van der Waals surface area contributed by atoms with Gasteiger partial charge < -0.3 is 9.47 Å². The van der Waals surface area contributed by atoms with E-state index in [1.165, 1.54) is 12.7 Å². The van der Waals surface area contributed by atoms with E-state index in [4.69, 9.17) is 9.47 Å². The Kier molecular flexibility index (Phi) is 3.34. The molecule has 0 fully saturated rings. The summed E-state index contributed by atoms with van der Waals surface area (Å²) >= 11 is 0. The smallest absolute Gasteiger partial charge is 0.168 e. The summed E-state index contributed by atoms with van der Waals surface area (Å²) in [6.45, 7) is 0. The number of aromatic nitrogens is 2. The van der Waals surface area contributed by atoms with Gasteiger partial charge in [-0.05, 0) is 42.4 Å². The molecule has 0 amide bonds. The molecule has 106 valence electrons. The molecule has 20 heavy (non-hydrogen) atoms. The van der Waals surface area contributed by atoms with Crippen molar-refractivity contribution in [2.24, 2.45) is 0 Å². The first-order valence-electron chi connectivity index (χ1n) is 6.65. The van der Waals surface area contributed by atoms with Gasteiger partial charge >= 0.3 is 0 Å². The van der Waals surface area contributed by atoms with E-state index < -0.39 is 0 Å². The van der Waals surface area contributed by atoms with E-state index in [-0.39, 0.29) is 17.5 Å². The number of fused-ring (bicyclic) bond motifs is 1. The Morgan fingerprint density at radius 3 is 2.90 bits per heavy atom. The highest BCUT2D eigenvalue weighted by Crippen LogP contribution is 2.37. The number of ether oxygens (including phenoxy) is 2. The lowest BCUT2D eigenvalue weighted by Gasteiger charge is -2.23.